The van der Waals surface area contributed by atoms with Gasteiger partial charge in [-0.2, -0.15) is 0 Å². The molecule has 1 rings (SSSR count). The molecule has 0 radical (unpaired) electrons. The third kappa shape index (κ3) is 13.7. The van der Waals surface area contributed by atoms with Gasteiger partial charge in [0, 0.05) is 12.8 Å². The predicted octanol–water partition coefficient (Wildman–Crippen LogP) is 5.88. The van der Waals surface area contributed by atoms with Gasteiger partial charge < -0.3 is 34.2 Å². The van der Waals surface area contributed by atoms with Gasteiger partial charge in [-0.25, -0.2) is 9.59 Å². The Kier molecular flexibility index (Phi) is 17.1. The monoisotopic (exact) mass is 581 g/mol. The summed E-state index contributed by atoms with van der Waals surface area (Å²) < 4.78 is 31.1. The highest BCUT2D eigenvalue weighted by molar-refractivity contribution is 5.81. The van der Waals surface area contributed by atoms with Crippen LogP contribution in [0.1, 0.15) is 91.0 Å². The highest BCUT2D eigenvalue weighted by atomic mass is 16.7. The maximum atomic E-state index is 12.7. The minimum atomic E-state index is -1.55. The Hall–Kier alpha value is -3.34. The summed E-state index contributed by atoms with van der Waals surface area (Å²) in [6.07, 6.45) is 4.62. The molecule has 0 bridgehead atoms. The van der Waals surface area contributed by atoms with Gasteiger partial charge in [0.15, 0.2) is 11.5 Å². The molecule has 232 valence electrons. The molecule has 0 saturated carbocycles. The van der Waals surface area contributed by atoms with Gasteiger partial charge in [0.2, 0.25) is 0 Å². The molecule has 1 aromatic rings. The van der Waals surface area contributed by atoms with E-state index in [1.54, 1.807) is 13.0 Å². The van der Waals surface area contributed by atoms with E-state index < -0.39 is 23.8 Å². The molecule has 11 heteroatoms. The zero-order valence-electron chi connectivity index (χ0n) is 25.2. The number of carbonyl (C=O) groups is 4. The number of hydrogen-bond acceptors (Lipinski definition) is 11. The van der Waals surface area contributed by atoms with E-state index in [1.165, 1.54) is 19.2 Å². The Bertz CT molecular complexity index is 967. The third-order valence-corrected chi connectivity index (χ3v) is 6.36. The molecule has 0 aromatic heterocycles. The summed E-state index contributed by atoms with van der Waals surface area (Å²) in [7, 11) is 1.21. The summed E-state index contributed by atoms with van der Waals surface area (Å²) >= 11 is 0. The molecule has 2 atom stereocenters. The van der Waals surface area contributed by atoms with E-state index in [2.05, 4.69) is 0 Å². The van der Waals surface area contributed by atoms with Gasteiger partial charge in [-0.05, 0) is 37.0 Å². The summed E-state index contributed by atoms with van der Waals surface area (Å²) in [5, 5.41) is 0. The molecular formula is C30H47NO10. The lowest BCUT2D eigenvalue weighted by Gasteiger charge is -2.27. The summed E-state index contributed by atoms with van der Waals surface area (Å²) in [5.74, 6) is -1.52. The number of benzene rings is 1. The van der Waals surface area contributed by atoms with Crippen LogP contribution in [-0.4, -0.2) is 56.7 Å². The van der Waals surface area contributed by atoms with Gasteiger partial charge in [0.1, 0.15) is 5.54 Å². The van der Waals surface area contributed by atoms with Crippen LogP contribution in [0.4, 0.5) is 9.59 Å². The molecule has 0 heterocycles. The number of nitrogens with two attached hydrogens (primary N) is 1. The number of ether oxygens (including phenoxy) is 6. The molecular weight excluding hydrogens is 534 g/mol. The number of unbranched alkanes of at least 4 members (excludes halogenated alkanes) is 4. The molecule has 41 heavy (non-hydrogen) atoms. The Morgan fingerprint density at radius 3 is 1.93 bits per heavy atom. The molecule has 1 aromatic carbocycles. The average Bonchev–Trinajstić information content (AvgIpc) is 2.94. The van der Waals surface area contributed by atoms with E-state index >= 15 is 0 Å². The van der Waals surface area contributed by atoms with Crippen molar-refractivity contribution in [2.75, 3.05) is 26.9 Å². The quantitative estimate of drug-likeness (QED) is 0.0903. The van der Waals surface area contributed by atoms with Crippen LogP contribution in [0.2, 0.25) is 0 Å². The normalized spacial score (nSPS) is 12.9. The molecule has 0 aliphatic heterocycles. The second kappa shape index (κ2) is 19.7. The molecule has 2 N–H and O–H groups in total. The summed E-state index contributed by atoms with van der Waals surface area (Å²) in [6, 6.07) is 4.40. The molecule has 0 fully saturated rings. The SMILES string of the molecule is CCCCCOC(=O)Oc1ccc(CC(N)(CCOC(=O)[C@@H](C)CCC)C(=O)OC)cc1OC(=O)OCCCCC. The largest absolute Gasteiger partial charge is 0.513 e. The van der Waals surface area contributed by atoms with Crippen LogP contribution in [0.25, 0.3) is 0 Å². The summed E-state index contributed by atoms with van der Waals surface area (Å²) in [6.45, 7) is 8.09. The van der Waals surface area contributed by atoms with Crippen LogP contribution in [-0.2, 0) is 35.0 Å². The Morgan fingerprint density at radius 2 is 1.39 bits per heavy atom. The second-order valence-corrected chi connectivity index (χ2v) is 10.0. The first-order valence-corrected chi connectivity index (χ1v) is 14.5. The van der Waals surface area contributed by atoms with Crippen molar-refractivity contribution in [3.8, 4) is 11.5 Å². The lowest BCUT2D eigenvalue weighted by Crippen LogP contribution is -2.51. The number of methoxy groups -OCH3 is 1. The molecule has 1 unspecified atom stereocenters. The van der Waals surface area contributed by atoms with E-state index in [4.69, 9.17) is 34.2 Å². The third-order valence-electron chi connectivity index (χ3n) is 6.36. The maximum Gasteiger partial charge on any atom is 0.513 e. The Balaban J connectivity index is 3.09. The van der Waals surface area contributed by atoms with Crippen LogP contribution in [0.3, 0.4) is 0 Å². The minimum absolute atomic E-state index is 0.0117. The summed E-state index contributed by atoms with van der Waals surface area (Å²) in [4.78, 5) is 49.4. The van der Waals surface area contributed by atoms with Crippen LogP contribution < -0.4 is 15.2 Å². The van der Waals surface area contributed by atoms with E-state index in [9.17, 15) is 19.2 Å². The van der Waals surface area contributed by atoms with E-state index in [0.29, 0.717) is 24.8 Å². The molecule has 0 spiro atoms. The zero-order chi connectivity index (χ0) is 30.7. The fourth-order valence-corrected chi connectivity index (χ4v) is 3.94. The number of carbonyl (C=O) groups excluding carboxylic acids is 4. The molecule has 0 amide bonds. The van der Waals surface area contributed by atoms with Crippen LogP contribution in [0.5, 0.6) is 11.5 Å². The van der Waals surface area contributed by atoms with Crippen molar-refractivity contribution in [3.05, 3.63) is 23.8 Å². The fraction of sp³-hybridized carbons (Fsp3) is 0.667. The molecule has 0 saturated heterocycles. The van der Waals surface area contributed by atoms with E-state index in [1.807, 2.05) is 20.8 Å². The minimum Gasteiger partial charge on any atom is -0.468 e. The van der Waals surface area contributed by atoms with Crippen molar-refractivity contribution in [1.29, 1.82) is 0 Å². The first kappa shape index (κ1) is 35.7. The molecule has 11 nitrogen and oxygen atoms in total. The molecule has 0 aliphatic rings. The standard InChI is InChI=1S/C30H47NO10/c1-6-9-11-17-38-28(34)40-24-15-14-23(20-25(24)41-29(35)39-18-12-10-7-2)21-30(31,27(33)36-5)16-19-37-26(32)22(4)13-8-3/h14-15,20,22H,6-13,16-19,21,31H2,1-5H3/t22-,30?/m0/s1. The fourth-order valence-electron chi connectivity index (χ4n) is 3.94. The lowest BCUT2D eigenvalue weighted by molar-refractivity contribution is -0.153. The van der Waals surface area contributed by atoms with Gasteiger partial charge in [-0.15, -0.1) is 0 Å². The van der Waals surface area contributed by atoms with Gasteiger partial charge in [0.25, 0.3) is 0 Å². The van der Waals surface area contributed by atoms with E-state index in [-0.39, 0.29) is 56.0 Å². The second-order valence-electron chi connectivity index (χ2n) is 10.0. The first-order valence-electron chi connectivity index (χ1n) is 14.5. The highest BCUT2D eigenvalue weighted by Crippen LogP contribution is 2.31. The van der Waals surface area contributed by atoms with Gasteiger partial charge in [-0.3, -0.25) is 9.59 Å². The predicted molar refractivity (Wildman–Crippen MR) is 152 cm³/mol. The highest BCUT2D eigenvalue weighted by Gasteiger charge is 2.36. The number of rotatable bonds is 19. The zero-order valence-corrected chi connectivity index (χ0v) is 25.2. The first-order chi connectivity index (χ1) is 19.6. The van der Waals surface area contributed by atoms with Crippen molar-refractivity contribution in [2.45, 2.75) is 97.4 Å². The van der Waals surface area contributed by atoms with Crippen molar-refractivity contribution >= 4 is 24.2 Å². The van der Waals surface area contributed by atoms with Crippen molar-refractivity contribution in [1.82, 2.24) is 0 Å². The van der Waals surface area contributed by atoms with Crippen molar-refractivity contribution in [2.24, 2.45) is 11.7 Å². The van der Waals surface area contributed by atoms with Crippen LogP contribution in [0, 0.1) is 5.92 Å². The smallest absolute Gasteiger partial charge is 0.468 e. The van der Waals surface area contributed by atoms with Gasteiger partial charge >= 0.3 is 24.2 Å². The topological polar surface area (TPSA) is 150 Å². The van der Waals surface area contributed by atoms with Crippen molar-refractivity contribution < 1.29 is 47.6 Å². The van der Waals surface area contributed by atoms with Crippen molar-refractivity contribution in [3.63, 3.8) is 0 Å². The maximum absolute atomic E-state index is 12.7. The number of hydrogen-bond donors (Lipinski definition) is 1. The van der Waals surface area contributed by atoms with Gasteiger partial charge in [-0.1, -0.05) is 65.9 Å². The van der Waals surface area contributed by atoms with E-state index in [0.717, 1.165) is 32.1 Å². The van der Waals surface area contributed by atoms with Crippen LogP contribution >= 0.6 is 0 Å². The average molecular weight is 582 g/mol. The molecule has 0 aliphatic carbocycles. The Labute approximate surface area is 243 Å². The summed E-state index contributed by atoms with van der Waals surface area (Å²) in [5.41, 5.74) is 5.36. The Morgan fingerprint density at radius 1 is 0.805 bits per heavy atom. The lowest BCUT2D eigenvalue weighted by atomic mass is 9.88. The van der Waals surface area contributed by atoms with Gasteiger partial charge in [0.05, 0.1) is 32.8 Å². The number of esters is 2. The van der Waals surface area contributed by atoms with Crippen LogP contribution in [0.15, 0.2) is 18.2 Å².